The van der Waals surface area contributed by atoms with Crippen LogP contribution in [0.3, 0.4) is 0 Å². The van der Waals surface area contributed by atoms with E-state index in [1.807, 2.05) is 34.4 Å². The number of aromatic nitrogens is 3. The number of thioether (sulfide) groups is 1. The first-order valence-corrected chi connectivity index (χ1v) is 10.4. The molecule has 7 heteroatoms. The summed E-state index contributed by atoms with van der Waals surface area (Å²) in [5, 5.41) is 10.6. The van der Waals surface area contributed by atoms with Gasteiger partial charge in [-0.25, -0.2) is 0 Å². The van der Waals surface area contributed by atoms with Crippen molar-refractivity contribution in [2.45, 2.75) is 37.8 Å². The smallest absolute Gasteiger partial charge is 0.233 e. The number of pyridine rings is 1. The van der Waals surface area contributed by atoms with Crippen LogP contribution >= 0.6 is 11.8 Å². The molecule has 1 aromatic carbocycles. The molecular weight excluding hydrogens is 360 g/mol. The van der Waals surface area contributed by atoms with Crippen LogP contribution in [0.4, 0.5) is 0 Å². The Morgan fingerprint density at radius 2 is 1.93 bits per heavy atom. The van der Waals surface area contributed by atoms with Crippen LogP contribution in [0.1, 0.15) is 31.2 Å². The highest BCUT2D eigenvalue weighted by molar-refractivity contribution is 7.99. The van der Waals surface area contributed by atoms with E-state index in [0.717, 1.165) is 59.0 Å². The minimum absolute atomic E-state index is 0.188. The van der Waals surface area contributed by atoms with Crippen molar-refractivity contribution in [3.8, 4) is 5.75 Å². The number of fused-ring (bicyclic) bond motifs is 3. The Hall–Kier alpha value is -2.28. The number of benzene rings is 1. The average molecular weight is 385 g/mol. The minimum Gasteiger partial charge on any atom is -0.497 e. The zero-order valence-corrected chi connectivity index (χ0v) is 16.6. The van der Waals surface area contributed by atoms with Crippen molar-refractivity contribution in [3.05, 3.63) is 29.8 Å². The van der Waals surface area contributed by atoms with Crippen LogP contribution in [0.5, 0.6) is 5.75 Å². The summed E-state index contributed by atoms with van der Waals surface area (Å²) in [6.45, 7) is 3.78. The fraction of sp³-hybridized carbons (Fsp3) is 0.450. The van der Waals surface area contributed by atoms with E-state index in [0.29, 0.717) is 5.75 Å². The standard InChI is InChI=1S/C20H24N4O2S/c1-14-11-15-7-8-16(26-2)12-17(15)24-19(14)21-22-20(24)27-13-18(25)23-9-5-3-4-6-10-23/h7-8,11-12H,3-6,9-10,13H2,1-2H3. The fourth-order valence-electron chi connectivity index (χ4n) is 3.64. The number of likely N-dealkylation sites (tertiary alicyclic amines) is 1. The van der Waals surface area contributed by atoms with Crippen LogP contribution in [0.15, 0.2) is 29.4 Å². The summed E-state index contributed by atoms with van der Waals surface area (Å²) < 4.78 is 7.42. The predicted molar refractivity (Wildman–Crippen MR) is 108 cm³/mol. The normalized spacial score (nSPS) is 15.3. The molecule has 27 heavy (non-hydrogen) atoms. The van der Waals surface area contributed by atoms with E-state index in [-0.39, 0.29) is 5.91 Å². The Kier molecular flexibility index (Phi) is 5.20. The third kappa shape index (κ3) is 3.60. The second-order valence-electron chi connectivity index (χ2n) is 6.98. The molecule has 1 aliphatic heterocycles. The lowest BCUT2D eigenvalue weighted by atomic mass is 10.1. The highest BCUT2D eigenvalue weighted by Gasteiger charge is 2.18. The van der Waals surface area contributed by atoms with Gasteiger partial charge in [-0.3, -0.25) is 9.20 Å². The minimum atomic E-state index is 0.188. The van der Waals surface area contributed by atoms with Crippen LogP contribution in [0, 0.1) is 6.92 Å². The molecular formula is C20H24N4O2S. The molecule has 1 aliphatic rings. The molecule has 1 amide bonds. The van der Waals surface area contributed by atoms with Crippen molar-refractivity contribution < 1.29 is 9.53 Å². The van der Waals surface area contributed by atoms with Crippen LogP contribution < -0.4 is 4.74 Å². The van der Waals surface area contributed by atoms with Gasteiger partial charge in [-0.2, -0.15) is 0 Å². The Morgan fingerprint density at radius 3 is 2.67 bits per heavy atom. The lowest BCUT2D eigenvalue weighted by Crippen LogP contribution is -2.33. The second-order valence-corrected chi connectivity index (χ2v) is 7.92. The highest BCUT2D eigenvalue weighted by atomic mass is 32.2. The number of carbonyl (C=O) groups excluding carboxylic acids is 1. The summed E-state index contributed by atoms with van der Waals surface area (Å²) in [6.07, 6.45) is 4.65. The van der Waals surface area contributed by atoms with Gasteiger partial charge >= 0.3 is 0 Å². The third-order valence-corrected chi connectivity index (χ3v) is 6.03. The predicted octanol–water partition coefficient (Wildman–Crippen LogP) is 3.69. The van der Waals surface area contributed by atoms with Crippen LogP contribution in [0.2, 0.25) is 0 Å². The lowest BCUT2D eigenvalue weighted by molar-refractivity contribution is -0.128. The maximum atomic E-state index is 12.6. The monoisotopic (exact) mass is 384 g/mol. The van der Waals surface area contributed by atoms with E-state index in [2.05, 4.69) is 16.3 Å². The molecule has 6 nitrogen and oxygen atoms in total. The molecule has 0 saturated carbocycles. The van der Waals surface area contributed by atoms with E-state index < -0.39 is 0 Å². The number of carbonyl (C=O) groups is 1. The van der Waals surface area contributed by atoms with E-state index in [1.54, 1.807) is 7.11 Å². The van der Waals surface area contributed by atoms with Gasteiger partial charge in [-0.1, -0.05) is 24.6 Å². The summed E-state index contributed by atoms with van der Waals surface area (Å²) >= 11 is 1.46. The van der Waals surface area contributed by atoms with E-state index in [9.17, 15) is 4.79 Å². The van der Waals surface area contributed by atoms with Gasteiger partial charge in [0.25, 0.3) is 0 Å². The van der Waals surface area contributed by atoms with Crippen molar-refractivity contribution in [1.82, 2.24) is 19.5 Å². The van der Waals surface area contributed by atoms with Crippen molar-refractivity contribution in [2.75, 3.05) is 26.0 Å². The number of hydrogen-bond acceptors (Lipinski definition) is 5. The average Bonchev–Trinajstić information content (AvgIpc) is 2.92. The van der Waals surface area contributed by atoms with Gasteiger partial charge in [0, 0.05) is 19.2 Å². The molecule has 0 N–H and O–H groups in total. The molecule has 1 fully saturated rings. The van der Waals surface area contributed by atoms with Gasteiger partial charge in [-0.05, 0) is 48.9 Å². The van der Waals surface area contributed by atoms with Crippen LogP contribution in [-0.4, -0.2) is 51.4 Å². The number of nitrogens with zero attached hydrogens (tertiary/aromatic N) is 4. The van der Waals surface area contributed by atoms with Crippen molar-refractivity contribution in [3.63, 3.8) is 0 Å². The zero-order valence-electron chi connectivity index (χ0n) is 15.8. The van der Waals surface area contributed by atoms with Crippen LogP contribution in [0.25, 0.3) is 16.6 Å². The van der Waals surface area contributed by atoms with E-state index >= 15 is 0 Å². The Morgan fingerprint density at radius 1 is 1.15 bits per heavy atom. The maximum Gasteiger partial charge on any atom is 0.233 e. The first-order chi connectivity index (χ1) is 13.2. The second kappa shape index (κ2) is 7.76. The summed E-state index contributed by atoms with van der Waals surface area (Å²) in [4.78, 5) is 14.6. The molecule has 1 saturated heterocycles. The Balaban J connectivity index is 1.64. The number of methoxy groups -OCH3 is 1. The summed E-state index contributed by atoms with van der Waals surface area (Å²) in [6, 6.07) is 8.09. The SMILES string of the molecule is COc1ccc2cc(C)c3nnc(SCC(=O)N4CCCCCC4)n3c2c1. The largest absolute Gasteiger partial charge is 0.497 e. The van der Waals surface area contributed by atoms with E-state index in [4.69, 9.17) is 4.74 Å². The number of rotatable bonds is 4. The first-order valence-electron chi connectivity index (χ1n) is 9.40. The van der Waals surface area contributed by atoms with Gasteiger partial charge in [0.05, 0.1) is 18.4 Å². The van der Waals surface area contributed by atoms with Crippen LogP contribution in [-0.2, 0) is 4.79 Å². The number of aryl methyl sites for hydroxylation is 1. The molecule has 0 radical (unpaired) electrons. The lowest BCUT2D eigenvalue weighted by Gasteiger charge is -2.19. The van der Waals surface area contributed by atoms with Gasteiger partial charge < -0.3 is 9.64 Å². The molecule has 2 aromatic heterocycles. The first kappa shape index (κ1) is 18.1. The molecule has 4 rings (SSSR count). The molecule has 0 bridgehead atoms. The van der Waals surface area contributed by atoms with Crippen molar-refractivity contribution >= 4 is 34.2 Å². The Labute approximate surface area is 162 Å². The molecule has 0 unspecified atom stereocenters. The molecule has 0 atom stereocenters. The molecule has 3 heterocycles. The van der Waals surface area contributed by atoms with Crippen molar-refractivity contribution in [1.29, 1.82) is 0 Å². The Bertz CT molecular complexity index is 977. The van der Waals surface area contributed by atoms with Gasteiger partial charge in [0.1, 0.15) is 5.75 Å². The summed E-state index contributed by atoms with van der Waals surface area (Å²) in [7, 11) is 1.66. The molecule has 0 aliphatic carbocycles. The quantitative estimate of drug-likeness (QED) is 0.642. The van der Waals surface area contributed by atoms with E-state index in [1.165, 1.54) is 24.6 Å². The van der Waals surface area contributed by atoms with Crippen molar-refractivity contribution in [2.24, 2.45) is 0 Å². The van der Waals surface area contributed by atoms with Gasteiger partial charge in [0.15, 0.2) is 10.8 Å². The summed E-state index contributed by atoms with van der Waals surface area (Å²) in [5.41, 5.74) is 2.87. The molecule has 142 valence electrons. The topological polar surface area (TPSA) is 59.7 Å². The van der Waals surface area contributed by atoms with Gasteiger partial charge in [-0.15, -0.1) is 10.2 Å². The molecule has 0 spiro atoms. The number of amides is 1. The third-order valence-electron chi connectivity index (χ3n) is 5.12. The number of ether oxygens (including phenoxy) is 1. The van der Waals surface area contributed by atoms with Gasteiger partial charge in [0.2, 0.25) is 5.91 Å². The fourth-order valence-corrected chi connectivity index (χ4v) is 4.49. The molecule has 3 aromatic rings. The highest BCUT2D eigenvalue weighted by Crippen LogP contribution is 2.28. The summed E-state index contributed by atoms with van der Waals surface area (Å²) in [5.74, 6) is 1.37. The maximum absolute atomic E-state index is 12.6. The zero-order chi connectivity index (χ0) is 18.8. The number of hydrogen-bond donors (Lipinski definition) is 0.